The zero-order chi connectivity index (χ0) is 17.9. The summed E-state index contributed by atoms with van der Waals surface area (Å²) in [6, 6.07) is 2.87. The number of carboxylic acids is 1. The van der Waals surface area contributed by atoms with Crippen LogP contribution in [0.15, 0.2) is 17.5 Å². The van der Waals surface area contributed by atoms with Gasteiger partial charge in [-0.15, -0.1) is 11.3 Å². The lowest BCUT2D eigenvalue weighted by molar-refractivity contribution is -0.385. The maximum atomic E-state index is 12.2. The number of nitro benzene ring substituents is 1. The topological polar surface area (TPSA) is 122 Å². The second kappa shape index (κ2) is 7.18. The monoisotopic (exact) mass is 349 g/mol. The summed E-state index contributed by atoms with van der Waals surface area (Å²) in [4.78, 5) is 37.4. The summed E-state index contributed by atoms with van der Waals surface area (Å²) in [6.45, 7) is 3.59. The Morgan fingerprint density at radius 1 is 1.33 bits per heavy atom. The molecule has 0 saturated heterocycles. The van der Waals surface area contributed by atoms with E-state index in [4.69, 9.17) is 5.11 Å². The van der Waals surface area contributed by atoms with Gasteiger partial charge in [-0.1, -0.05) is 0 Å². The van der Waals surface area contributed by atoms with Crippen LogP contribution < -0.4 is 5.32 Å². The quantitative estimate of drug-likeness (QED) is 0.609. The Balaban J connectivity index is 2.03. The average molecular weight is 349 g/mol. The van der Waals surface area contributed by atoms with Crippen LogP contribution in [0.3, 0.4) is 0 Å². The normalized spacial score (nSPS) is 10.4. The molecule has 0 aliphatic heterocycles. The Morgan fingerprint density at radius 2 is 2.04 bits per heavy atom. The number of carboxylic acid groups (broad SMARTS) is 1. The Hall–Kier alpha value is -2.81. The van der Waals surface area contributed by atoms with E-state index in [1.165, 1.54) is 22.8 Å². The van der Waals surface area contributed by atoms with E-state index in [-0.39, 0.29) is 23.5 Å². The molecule has 0 spiro atoms. The molecule has 2 rings (SSSR count). The van der Waals surface area contributed by atoms with E-state index in [1.54, 1.807) is 19.9 Å². The summed E-state index contributed by atoms with van der Waals surface area (Å²) in [5.41, 5.74) is 1.27. The minimum atomic E-state index is -1.09. The van der Waals surface area contributed by atoms with E-state index in [0.29, 0.717) is 22.6 Å². The molecule has 24 heavy (non-hydrogen) atoms. The van der Waals surface area contributed by atoms with Crippen LogP contribution in [-0.2, 0) is 6.42 Å². The Labute approximate surface area is 141 Å². The average Bonchev–Trinajstić information content (AvgIpc) is 2.95. The molecule has 126 valence electrons. The van der Waals surface area contributed by atoms with Gasteiger partial charge in [0, 0.05) is 35.5 Å². The molecular weight excluding hydrogens is 334 g/mol. The van der Waals surface area contributed by atoms with E-state index >= 15 is 0 Å². The lowest BCUT2D eigenvalue weighted by Gasteiger charge is -2.08. The number of aryl methyl sites for hydroxylation is 2. The summed E-state index contributed by atoms with van der Waals surface area (Å²) in [5.74, 6) is -1.50. The van der Waals surface area contributed by atoms with Gasteiger partial charge >= 0.3 is 5.97 Å². The third-order valence-corrected chi connectivity index (χ3v) is 4.29. The maximum absolute atomic E-state index is 12.2. The number of hydrogen-bond acceptors (Lipinski definition) is 6. The van der Waals surface area contributed by atoms with Crippen LogP contribution in [0.2, 0.25) is 0 Å². The molecule has 9 heteroatoms. The maximum Gasteiger partial charge on any atom is 0.355 e. The number of rotatable bonds is 6. The van der Waals surface area contributed by atoms with Crippen LogP contribution >= 0.6 is 11.3 Å². The number of carbonyl (C=O) groups excluding carboxylic acids is 1. The van der Waals surface area contributed by atoms with Crippen molar-refractivity contribution in [2.75, 3.05) is 6.54 Å². The number of nitro groups is 1. The highest BCUT2D eigenvalue weighted by Gasteiger charge is 2.18. The summed E-state index contributed by atoms with van der Waals surface area (Å²) in [7, 11) is 0. The van der Waals surface area contributed by atoms with Crippen LogP contribution in [0.4, 0.5) is 5.69 Å². The van der Waals surface area contributed by atoms with Crippen LogP contribution in [0.5, 0.6) is 0 Å². The fourth-order valence-electron chi connectivity index (χ4n) is 2.18. The molecular formula is C15H15N3O5S. The molecule has 0 fully saturated rings. The van der Waals surface area contributed by atoms with Crippen molar-refractivity contribution in [1.29, 1.82) is 0 Å². The third kappa shape index (κ3) is 3.93. The SMILES string of the molecule is Cc1cc(C)c([N+](=O)[O-])cc1C(=O)NCCc1nc(C(=O)O)cs1. The lowest BCUT2D eigenvalue weighted by Crippen LogP contribution is -2.26. The van der Waals surface area contributed by atoms with Crippen LogP contribution in [-0.4, -0.2) is 33.4 Å². The number of thiazole rings is 1. The molecule has 0 bridgehead atoms. The largest absolute Gasteiger partial charge is 0.476 e. The van der Waals surface area contributed by atoms with Crippen molar-refractivity contribution < 1.29 is 19.6 Å². The molecule has 1 aromatic heterocycles. The molecule has 0 radical (unpaired) electrons. The highest BCUT2D eigenvalue weighted by molar-refractivity contribution is 7.09. The molecule has 1 aromatic carbocycles. The number of nitrogens with zero attached hydrogens (tertiary/aromatic N) is 2. The van der Waals surface area contributed by atoms with Gasteiger partial charge in [-0.3, -0.25) is 14.9 Å². The lowest BCUT2D eigenvalue weighted by atomic mass is 10.0. The molecule has 0 aliphatic carbocycles. The van der Waals surface area contributed by atoms with Gasteiger partial charge in [-0.2, -0.15) is 0 Å². The fourth-order valence-corrected chi connectivity index (χ4v) is 2.96. The van der Waals surface area contributed by atoms with Gasteiger partial charge in [-0.25, -0.2) is 9.78 Å². The molecule has 2 aromatic rings. The van der Waals surface area contributed by atoms with Gasteiger partial charge in [0.2, 0.25) is 0 Å². The van der Waals surface area contributed by atoms with E-state index in [0.717, 1.165) is 0 Å². The summed E-state index contributed by atoms with van der Waals surface area (Å²) < 4.78 is 0. The Bertz CT molecular complexity index is 815. The molecule has 0 saturated carbocycles. The molecule has 2 N–H and O–H groups in total. The first kappa shape index (κ1) is 17.5. The van der Waals surface area contributed by atoms with E-state index in [2.05, 4.69) is 10.3 Å². The molecule has 8 nitrogen and oxygen atoms in total. The standard InChI is InChI=1S/C15H15N3O5S/c1-8-5-9(2)12(18(22)23)6-10(8)14(19)16-4-3-13-17-11(7-24-13)15(20)21/h5-7H,3-4H2,1-2H3,(H,16,19)(H,20,21). The highest BCUT2D eigenvalue weighted by Crippen LogP contribution is 2.22. The summed E-state index contributed by atoms with van der Waals surface area (Å²) in [6.07, 6.45) is 0.386. The zero-order valence-corrected chi connectivity index (χ0v) is 13.8. The number of hydrogen-bond donors (Lipinski definition) is 2. The Kier molecular flexibility index (Phi) is 5.24. The van der Waals surface area contributed by atoms with Crippen LogP contribution in [0.25, 0.3) is 0 Å². The molecule has 0 unspecified atom stereocenters. The highest BCUT2D eigenvalue weighted by atomic mass is 32.1. The second-order valence-corrected chi connectivity index (χ2v) is 6.09. The molecule has 1 amide bonds. The second-order valence-electron chi connectivity index (χ2n) is 5.15. The first-order valence-corrected chi connectivity index (χ1v) is 7.89. The van der Waals surface area contributed by atoms with Gasteiger partial charge in [-0.05, 0) is 25.5 Å². The smallest absolute Gasteiger partial charge is 0.355 e. The number of nitrogens with one attached hydrogen (secondary N) is 1. The number of amides is 1. The van der Waals surface area contributed by atoms with Gasteiger partial charge in [0.05, 0.1) is 9.93 Å². The first-order chi connectivity index (χ1) is 11.3. The van der Waals surface area contributed by atoms with Crippen molar-refractivity contribution in [3.8, 4) is 0 Å². The summed E-state index contributed by atoms with van der Waals surface area (Å²) >= 11 is 1.20. The Morgan fingerprint density at radius 3 is 2.62 bits per heavy atom. The number of aromatic nitrogens is 1. The minimum absolute atomic E-state index is 0.0219. The van der Waals surface area contributed by atoms with Crippen molar-refractivity contribution in [2.24, 2.45) is 0 Å². The first-order valence-electron chi connectivity index (χ1n) is 7.01. The fraction of sp³-hybridized carbons (Fsp3) is 0.267. The van der Waals surface area contributed by atoms with Crippen molar-refractivity contribution in [3.05, 3.63) is 55.0 Å². The number of carbonyl (C=O) groups is 2. The van der Waals surface area contributed by atoms with Crippen molar-refractivity contribution in [1.82, 2.24) is 10.3 Å². The van der Waals surface area contributed by atoms with Crippen LogP contribution in [0, 0.1) is 24.0 Å². The van der Waals surface area contributed by atoms with Gasteiger partial charge in [0.1, 0.15) is 0 Å². The molecule has 0 atom stereocenters. The van der Waals surface area contributed by atoms with Crippen molar-refractivity contribution in [2.45, 2.75) is 20.3 Å². The predicted molar refractivity (Wildman–Crippen MR) is 87.7 cm³/mol. The molecule has 0 aliphatic rings. The van der Waals surface area contributed by atoms with E-state index in [1.807, 2.05) is 0 Å². The predicted octanol–water partition coefficient (Wildman–Crippen LogP) is 2.34. The van der Waals surface area contributed by atoms with Gasteiger partial charge < -0.3 is 10.4 Å². The zero-order valence-electron chi connectivity index (χ0n) is 13.0. The van der Waals surface area contributed by atoms with E-state index in [9.17, 15) is 19.7 Å². The number of aromatic carboxylic acids is 1. The third-order valence-electron chi connectivity index (χ3n) is 3.38. The van der Waals surface area contributed by atoms with Crippen molar-refractivity contribution in [3.63, 3.8) is 0 Å². The minimum Gasteiger partial charge on any atom is -0.476 e. The molecule has 1 heterocycles. The van der Waals surface area contributed by atoms with E-state index < -0.39 is 16.8 Å². The summed E-state index contributed by atoms with van der Waals surface area (Å²) in [5, 5.41) is 24.5. The van der Waals surface area contributed by atoms with Gasteiger partial charge in [0.25, 0.3) is 11.6 Å². The van der Waals surface area contributed by atoms with Crippen LogP contribution in [0.1, 0.15) is 37.0 Å². The van der Waals surface area contributed by atoms with Gasteiger partial charge in [0.15, 0.2) is 5.69 Å². The number of benzene rings is 1. The van der Waals surface area contributed by atoms with Crippen molar-refractivity contribution >= 4 is 28.9 Å².